The predicted molar refractivity (Wildman–Crippen MR) is 59.1 cm³/mol. The van der Waals surface area contributed by atoms with Crippen molar-refractivity contribution < 1.29 is 9.00 Å². The quantitative estimate of drug-likeness (QED) is 0.633. The summed E-state index contributed by atoms with van der Waals surface area (Å²) >= 11 is 5.68. The molecule has 1 aromatic carbocycles. The Morgan fingerprint density at radius 1 is 1.57 bits per heavy atom. The molecule has 0 aromatic heterocycles. The van der Waals surface area contributed by atoms with Gasteiger partial charge in [-0.2, -0.15) is 0 Å². The molecule has 0 aliphatic heterocycles. The maximum Gasteiger partial charge on any atom is 0.177 e. The molecule has 76 valence electrons. The number of carbonyl (C=O) groups excluding carboxylic acids is 1. The predicted octanol–water partition coefficient (Wildman–Crippen LogP) is 1.48. The molecule has 0 spiro atoms. The summed E-state index contributed by atoms with van der Waals surface area (Å²) in [6.45, 7) is 0. The summed E-state index contributed by atoms with van der Waals surface area (Å²) in [6.07, 6.45) is 1.48. The van der Waals surface area contributed by atoms with Gasteiger partial charge >= 0.3 is 0 Å². The topological polar surface area (TPSA) is 60.2 Å². The van der Waals surface area contributed by atoms with E-state index in [1.165, 1.54) is 12.3 Å². The highest BCUT2D eigenvalue weighted by Crippen LogP contribution is 2.18. The smallest absolute Gasteiger partial charge is 0.177 e. The van der Waals surface area contributed by atoms with Gasteiger partial charge < -0.3 is 5.73 Å². The van der Waals surface area contributed by atoms with E-state index in [9.17, 15) is 9.00 Å². The van der Waals surface area contributed by atoms with Gasteiger partial charge in [-0.15, -0.1) is 0 Å². The number of hydrogen-bond acceptors (Lipinski definition) is 3. The Balaban J connectivity index is 2.96. The van der Waals surface area contributed by atoms with E-state index in [0.29, 0.717) is 16.3 Å². The van der Waals surface area contributed by atoms with Gasteiger partial charge in [-0.3, -0.25) is 9.00 Å². The number of Topliss-reactive ketones (excluding diaryl/α,β-unsaturated/α-hetero) is 1. The molecule has 1 rings (SSSR count). The first-order chi connectivity index (χ1) is 6.50. The van der Waals surface area contributed by atoms with Crippen molar-refractivity contribution in [1.29, 1.82) is 0 Å². The molecule has 0 fully saturated rings. The van der Waals surface area contributed by atoms with Crippen LogP contribution >= 0.6 is 11.6 Å². The molecule has 14 heavy (non-hydrogen) atoms. The second-order valence-electron chi connectivity index (χ2n) is 2.87. The van der Waals surface area contributed by atoms with E-state index in [2.05, 4.69) is 0 Å². The fraction of sp³-hybridized carbons (Fsp3) is 0.222. The van der Waals surface area contributed by atoms with Crippen molar-refractivity contribution in [3.8, 4) is 0 Å². The molecule has 0 heterocycles. The molecule has 2 N–H and O–H groups in total. The average Bonchev–Trinajstić information content (AvgIpc) is 2.01. The maximum atomic E-state index is 11.5. The molecule has 1 aromatic rings. The van der Waals surface area contributed by atoms with Crippen LogP contribution in [0.1, 0.15) is 10.4 Å². The molecular formula is C9H10ClNO2S. The van der Waals surface area contributed by atoms with E-state index in [1.54, 1.807) is 12.1 Å². The summed E-state index contributed by atoms with van der Waals surface area (Å²) in [4.78, 5) is 11.5. The van der Waals surface area contributed by atoms with E-state index in [1.807, 2.05) is 0 Å². The second-order valence-corrected chi connectivity index (χ2v) is 4.74. The molecule has 0 radical (unpaired) electrons. The monoisotopic (exact) mass is 231 g/mol. The summed E-state index contributed by atoms with van der Waals surface area (Å²) < 4.78 is 10.8. The minimum atomic E-state index is -1.15. The number of nitrogens with two attached hydrogens (primary N) is 1. The molecule has 1 unspecified atom stereocenters. The van der Waals surface area contributed by atoms with Gasteiger partial charge in [0.2, 0.25) is 0 Å². The van der Waals surface area contributed by atoms with Gasteiger partial charge in [0.1, 0.15) is 0 Å². The molecule has 0 saturated carbocycles. The SMILES string of the molecule is CS(=O)CC(=O)c1ccc(Cl)cc1N. The van der Waals surface area contributed by atoms with Crippen LogP contribution in [0.2, 0.25) is 5.02 Å². The van der Waals surface area contributed by atoms with Gasteiger partial charge in [0.15, 0.2) is 5.78 Å². The third-order valence-corrected chi connectivity index (χ3v) is 2.55. The minimum absolute atomic E-state index is 0.00810. The largest absolute Gasteiger partial charge is 0.398 e. The zero-order valence-corrected chi connectivity index (χ0v) is 9.19. The van der Waals surface area contributed by atoms with Crippen molar-refractivity contribution in [3.05, 3.63) is 28.8 Å². The zero-order valence-electron chi connectivity index (χ0n) is 7.62. The van der Waals surface area contributed by atoms with Crippen molar-refractivity contribution in [2.24, 2.45) is 0 Å². The van der Waals surface area contributed by atoms with Gasteiger partial charge in [-0.05, 0) is 18.2 Å². The minimum Gasteiger partial charge on any atom is -0.398 e. The van der Waals surface area contributed by atoms with Crippen LogP contribution in [-0.2, 0) is 10.8 Å². The Hall–Kier alpha value is -0.870. The first-order valence-corrected chi connectivity index (χ1v) is 5.99. The first kappa shape index (κ1) is 11.2. The highest BCUT2D eigenvalue weighted by Gasteiger charge is 2.11. The summed E-state index contributed by atoms with van der Waals surface area (Å²) in [5.41, 5.74) is 6.30. The number of rotatable bonds is 3. The van der Waals surface area contributed by atoms with Gasteiger partial charge in [-0.25, -0.2) is 0 Å². The van der Waals surface area contributed by atoms with Crippen molar-refractivity contribution in [3.63, 3.8) is 0 Å². The van der Waals surface area contributed by atoms with Crippen LogP contribution in [0.15, 0.2) is 18.2 Å². The molecule has 1 atom stereocenters. The summed E-state index contributed by atoms with van der Waals surface area (Å²) in [5, 5.41) is 0.483. The van der Waals surface area contributed by atoms with Crippen LogP contribution in [0.4, 0.5) is 5.69 Å². The van der Waals surface area contributed by atoms with Crippen molar-refractivity contribution in [2.45, 2.75) is 0 Å². The molecule has 0 saturated heterocycles. The maximum absolute atomic E-state index is 11.5. The van der Waals surface area contributed by atoms with E-state index >= 15 is 0 Å². The Morgan fingerprint density at radius 2 is 2.21 bits per heavy atom. The van der Waals surface area contributed by atoms with Crippen molar-refractivity contribution in [2.75, 3.05) is 17.7 Å². The van der Waals surface area contributed by atoms with Crippen LogP contribution in [0, 0.1) is 0 Å². The number of carbonyl (C=O) groups is 1. The number of nitrogen functional groups attached to an aromatic ring is 1. The Labute approximate surface area is 89.7 Å². The highest BCUT2D eigenvalue weighted by atomic mass is 35.5. The molecular weight excluding hydrogens is 222 g/mol. The lowest BCUT2D eigenvalue weighted by molar-refractivity contribution is 0.102. The van der Waals surface area contributed by atoms with Crippen LogP contribution in [-0.4, -0.2) is 22.0 Å². The van der Waals surface area contributed by atoms with Gasteiger partial charge in [0.25, 0.3) is 0 Å². The third kappa shape index (κ3) is 2.82. The van der Waals surface area contributed by atoms with Crippen LogP contribution in [0.25, 0.3) is 0 Å². The van der Waals surface area contributed by atoms with Gasteiger partial charge in [0.05, 0.1) is 5.75 Å². The summed E-state index contributed by atoms with van der Waals surface area (Å²) in [7, 11) is -1.15. The number of hydrogen-bond donors (Lipinski definition) is 1. The second kappa shape index (κ2) is 4.57. The first-order valence-electron chi connectivity index (χ1n) is 3.89. The molecule has 0 amide bonds. The van der Waals surface area contributed by atoms with Gasteiger partial charge in [-0.1, -0.05) is 11.6 Å². The van der Waals surface area contributed by atoms with Crippen LogP contribution < -0.4 is 5.73 Å². The van der Waals surface area contributed by atoms with Crippen molar-refractivity contribution >= 4 is 33.9 Å². The average molecular weight is 232 g/mol. The lowest BCUT2D eigenvalue weighted by Crippen LogP contribution is -2.11. The fourth-order valence-electron chi connectivity index (χ4n) is 1.05. The summed E-state index contributed by atoms with van der Waals surface area (Å²) in [5.74, 6) is -0.230. The molecule has 0 aliphatic carbocycles. The van der Waals surface area contributed by atoms with Crippen molar-refractivity contribution in [1.82, 2.24) is 0 Å². The normalized spacial score (nSPS) is 12.4. The summed E-state index contributed by atoms with van der Waals surface area (Å²) in [6, 6.07) is 4.64. The van der Waals surface area contributed by atoms with E-state index in [4.69, 9.17) is 17.3 Å². The number of halogens is 1. The van der Waals surface area contributed by atoms with E-state index in [-0.39, 0.29) is 11.5 Å². The Kier molecular flexibility index (Phi) is 3.66. The van der Waals surface area contributed by atoms with Crippen LogP contribution in [0.5, 0.6) is 0 Å². The highest BCUT2D eigenvalue weighted by molar-refractivity contribution is 7.85. The fourth-order valence-corrected chi connectivity index (χ4v) is 1.76. The number of benzene rings is 1. The third-order valence-electron chi connectivity index (χ3n) is 1.65. The van der Waals surface area contributed by atoms with Crippen LogP contribution in [0.3, 0.4) is 0 Å². The molecule has 3 nitrogen and oxygen atoms in total. The zero-order chi connectivity index (χ0) is 10.7. The van der Waals surface area contributed by atoms with Gasteiger partial charge in [0, 0.05) is 33.3 Å². The Morgan fingerprint density at radius 3 is 2.71 bits per heavy atom. The Bertz CT molecular complexity index is 392. The number of ketones is 1. The molecule has 5 heteroatoms. The molecule has 0 aliphatic rings. The van der Waals surface area contributed by atoms with E-state index in [0.717, 1.165) is 0 Å². The number of anilines is 1. The van der Waals surface area contributed by atoms with E-state index < -0.39 is 10.8 Å². The lowest BCUT2D eigenvalue weighted by Gasteiger charge is -2.03. The molecule has 0 bridgehead atoms. The standard InChI is InChI=1S/C9H10ClNO2S/c1-14(13)5-9(12)7-3-2-6(10)4-8(7)11/h2-4H,5,11H2,1H3. The lowest BCUT2D eigenvalue weighted by atomic mass is 10.1.